The zero-order valence-electron chi connectivity index (χ0n) is 8.68. The van der Waals surface area contributed by atoms with Gasteiger partial charge in [-0.15, -0.1) is 33.2 Å². The highest BCUT2D eigenvalue weighted by Crippen LogP contribution is 2.27. The van der Waals surface area contributed by atoms with E-state index < -0.39 is 6.00 Å². The summed E-state index contributed by atoms with van der Waals surface area (Å²) in [6.45, 7) is 2.44. The van der Waals surface area contributed by atoms with Crippen LogP contribution in [0.3, 0.4) is 0 Å². The first kappa shape index (κ1) is 14.1. The second-order valence-electron chi connectivity index (χ2n) is 3.81. The van der Waals surface area contributed by atoms with Crippen LogP contribution in [-0.4, -0.2) is 31.9 Å². The number of ether oxygens (including phenoxy) is 2. The maximum atomic E-state index is 5.77. The van der Waals surface area contributed by atoms with Crippen LogP contribution in [0.15, 0.2) is 0 Å². The van der Waals surface area contributed by atoms with Crippen molar-refractivity contribution in [1.29, 1.82) is 0 Å². The van der Waals surface area contributed by atoms with Crippen LogP contribution in [0.5, 0.6) is 0 Å². The molecule has 1 aliphatic heterocycles. The first-order chi connectivity index (χ1) is 7.08. The topological polar surface area (TPSA) is 21.8 Å². The molecule has 0 aliphatic carbocycles. The summed E-state index contributed by atoms with van der Waals surface area (Å²) >= 11 is 17.3. The lowest BCUT2D eigenvalue weighted by Crippen LogP contribution is -2.07. The standard InChI is InChI=1S/C9H17Cl3O2Si/c10-15(11,12)6-4-2-1-3-5-13-7-9-8-14-9/h9H,1-8H2. The van der Waals surface area contributed by atoms with Crippen molar-refractivity contribution in [2.75, 3.05) is 19.8 Å². The number of hydrogen-bond acceptors (Lipinski definition) is 2. The fourth-order valence-corrected chi connectivity index (χ4v) is 3.12. The molecule has 1 atom stereocenters. The Kier molecular flexibility index (Phi) is 6.90. The van der Waals surface area contributed by atoms with E-state index in [2.05, 4.69) is 0 Å². The molecule has 2 nitrogen and oxygen atoms in total. The van der Waals surface area contributed by atoms with Crippen LogP contribution in [0, 0.1) is 0 Å². The fourth-order valence-electron chi connectivity index (χ4n) is 1.26. The molecule has 1 rings (SSSR count). The van der Waals surface area contributed by atoms with Gasteiger partial charge in [0.05, 0.1) is 13.2 Å². The normalized spacial score (nSPS) is 20.6. The van der Waals surface area contributed by atoms with Crippen molar-refractivity contribution in [3.05, 3.63) is 0 Å². The van der Waals surface area contributed by atoms with Gasteiger partial charge in [0.15, 0.2) is 0 Å². The van der Waals surface area contributed by atoms with Crippen LogP contribution < -0.4 is 0 Å². The lowest BCUT2D eigenvalue weighted by molar-refractivity contribution is 0.113. The number of rotatable bonds is 9. The van der Waals surface area contributed by atoms with Crippen LogP contribution in [0.2, 0.25) is 6.04 Å². The first-order valence-electron chi connectivity index (χ1n) is 5.34. The fraction of sp³-hybridized carbons (Fsp3) is 1.00. The van der Waals surface area contributed by atoms with E-state index in [0.717, 1.165) is 51.5 Å². The molecule has 0 N–H and O–H groups in total. The largest absolute Gasteiger partial charge is 0.379 e. The molecule has 1 aliphatic rings. The highest BCUT2D eigenvalue weighted by Gasteiger charge is 2.23. The van der Waals surface area contributed by atoms with Crippen molar-refractivity contribution in [1.82, 2.24) is 0 Å². The third-order valence-corrected chi connectivity index (χ3v) is 4.83. The van der Waals surface area contributed by atoms with Crippen molar-refractivity contribution < 1.29 is 9.47 Å². The Bertz CT molecular complexity index is 171. The van der Waals surface area contributed by atoms with Crippen molar-refractivity contribution >= 4 is 39.2 Å². The minimum atomic E-state index is -2.37. The van der Waals surface area contributed by atoms with E-state index in [0.29, 0.717) is 6.10 Å². The second kappa shape index (κ2) is 7.36. The molecule has 0 bridgehead atoms. The summed E-state index contributed by atoms with van der Waals surface area (Å²) in [4.78, 5) is 0. The number of epoxide rings is 1. The summed E-state index contributed by atoms with van der Waals surface area (Å²) in [6.07, 6.45) is 4.77. The molecule has 0 spiro atoms. The predicted octanol–water partition coefficient (Wildman–Crippen LogP) is 3.62. The van der Waals surface area contributed by atoms with Gasteiger partial charge < -0.3 is 9.47 Å². The number of hydrogen-bond donors (Lipinski definition) is 0. The molecule has 0 aromatic rings. The molecule has 0 aromatic heterocycles. The molecule has 0 aromatic carbocycles. The smallest absolute Gasteiger partial charge is 0.341 e. The summed E-state index contributed by atoms with van der Waals surface area (Å²) < 4.78 is 10.4. The average Bonchev–Trinajstić information content (AvgIpc) is 2.91. The summed E-state index contributed by atoms with van der Waals surface area (Å²) in [7, 11) is 0. The van der Waals surface area contributed by atoms with Gasteiger partial charge in [-0.1, -0.05) is 19.3 Å². The Morgan fingerprint density at radius 1 is 1.13 bits per heavy atom. The number of halogens is 3. The monoisotopic (exact) mass is 290 g/mol. The minimum absolute atomic E-state index is 0.375. The molecular weight excluding hydrogens is 275 g/mol. The van der Waals surface area contributed by atoms with Crippen LogP contribution in [0.1, 0.15) is 25.7 Å². The Labute approximate surface area is 106 Å². The van der Waals surface area contributed by atoms with E-state index in [-0.39, 0.29) is 0 Å². The first-order valence-corrected chi connectivity index (χ1v) is 10.6. The molecule has 15 heavy (non-hydrogen) atoms. The SMILES string of the molecule is Cl[Si](Cl)(Cl)CCCCCCOCC1CO1. The van der Waals surface area contributed by atoms with Gasteiger partial charge in [0.1, 0.15) is 6.10 Å². The van der Waals surface area contributed by atoms with Crippen molar-refractivity contribution in [2.45, 2.75) is 37.8 Å². The van der Waals surface area contributed by atoms with Gasteiger partial charge >= 0.3 is 6.00 Å². The molecular formula is C9H17Cl3O2Si. The molecule has 0 radical (unpaired) electrons. The Hall–Kier alpha value is 1.01. The van der Waals surface area contributed by atoms with E-state index in [1.807, 2.05) is 0 Å². The quantitative estimate of drug-likeness (QED) is 0.280. The zero-order chi connectivity index (χ0) is 11.1. The van der Waals surface area contributed by atoms with E-state index >= 15 is 0 Å². The van der Waals surface area contributed by atoms with E-state index in [4.69, 9.17) is 42.7 Å². The molecule has 1 fully saturated rings. The lowest BCUT2D eigenvalue weighted by atomic mass is 10.2. The van der Waals surface area contributed by atoms with Crippen LogP contribution >= 0.6 is 33.2 Å². The molecule has 1 heterocycles. The maximum Gasteiger partial charge on any atom is 0.341 e. The van der Waals surface area contributed by atoms with Gasteiger partial charge in [-0.25, -0.2) is 0 Å². The molecule has 6 heteroatoms. The zero-order valence-corrected chi connectivity index (χ0v) is 12.0. The van der Waals surface area contributed by atoms with Crippen molar-refractivity contribution in [2.24, 2.45) is 0 Å². The summed E-state index contributed by atoms with van der Waals surface area (Å²) in [5, 5.41) is 0. The highest BCUT2D eigenvalue weighted by atomic mass is 35.8. The second-order valence-corrected chi connectivity index (χ2v) is 13.1. The Balaban J connectivity index is 1.72. The van der Waals surface area contributed by atoms with Crippen LogP contribution in [-0.2, 0) is 9.47 Å². The van der Waals surface area contributed by atoms with Gasteiger partial charge in [-0.2, -0.15) is 0 Å². The van der Waals surface area contributed by atoms with Gasteiger partial charge in [0.2, 0.25) is 0 Å². The molecule has 1 saturated heterocycles. The Morgan fingerprint density at radius 2 is 1.80 bits per heavy atom. The minimum Gasteiger partial charge on any atom is -0.379 e. The predicted molar refractivity (Wildman–Crippen MR) is 67.1 cm³/mol. The van der Waals surface area contributed by atoms with Crippen LogP contribution in [0.25, 0.3) is 0 Å². The van der Waals surface area contributed by atoms with E-state index in [1.54, 1.807) is 0 Å². The molecule has 0 amide bonds. The van der Waals surface area contributed by atoms with Crippen molar-refractivity contribution in [3.63, 3.8) is 0 Å². The van der Waals surface area contributed by atoms with Gasteiger partial charge in [-0.3, -0.25) is 0 Å². The van der Waals surface area contributed by atoms with Gasteiger partial charge in [0, 0.05) is 6.61 Å². The third-order valence-electron chi connectivity index (χ3n) is 2.21. The van der Waals surface area contributed by atoms with E-state index in [1.165, 1.54) is 0 Å². The van der Waals surface area contributed by atoms with E-state index in [9.17, 15) is 0 Å². The van der Waals surface area contributed by atoms with Crippen LogP contribution in [0.4, 0.5) is 0 Å². The lowest BCUT2D eigenvalue weighted by Gasteiger charge is -2.06. The molecule has 0 saturated carbocycles. The Morgan fingerprint density at radius 3 is 2.40 bits per heavy atom. The van der Waals surface area contributed by atoms with Crippen molar-refractivity contribution in [3.8, 4) is 0 Å². The molecule has 1 unspecified atom stereocenters. The summed E-state index contributed by atoms with van der Waals surface area (Å²) in [5.74, 6) is 0. The highest BCUT2D eigenvalue weighted by molar-refractivity contribution is 7.64. The molecule has 90 valence electrons. The van der Waals surface area contributed by atoms with Gasteiger partial charge in [0.25, 0.3) is 0 Å². The summed E-state index contributed by atoms with van der Waals surface area (Å²) in [6, 6.07) is -1.60. The number of unbranched alkanes of at least 4 members (excludes halogenated alkanes) is 3. The summed E-state index contributed by atoms with van der Waals surface area (Å²) in [5.41, 5.74) is 0. The van der Waals surface area contributed by atoms with Gasteiger partial charge in [-0.05, 0) is 12.5 Å². The maximum absolute atomic E-state index is 5.77. The average molecular weight is 292 g/mol. The third kappa shape index (κ3) is 9.91.